The second-order valence-electron chi connectivity index (χ2n) is 5.43. The smallest absolute Gasteiger partial charge is 0.410 e. The Bertz CT molecular complexity index is 497. The van der Waals surface area contributed by atoms with Crippen LogP contribution in [0.2, 0.25) is 0 Å². The van der Waals surface area contributed by atoms with Gasteiger partial charge in [-0.1, -0.05) is 6.07 Å². The molecule has 0 aromatic heterocycles. The van der Waals surface area contributed by atoms with Gasteiger partial charge in [-0.15, -0.1) is 0 Å². The molecule has 0 heterocycles. The van der Waals surface area contributed by atoms with Gasteiger partial charge in [0.2, 0.25) is 0 Å². The predicted molar refractivity (Wildman–Crippen MR) is 85.1 cm³/mol. The molecule has 1 amide bonds. The van der Waals surface area contributed by atoms with E-state index in [1.807, 2.05) is 49.4 Å². The minimum Gasteiger partial charge on any atom is -0.504 e. The lowest BCUT2D eigenvalue weighted by atomic mass is 10.2. The highest BCUT2D eigenvalue weighted by molar-refractivity contribution is 14.1. The maximum Gasteiger partial charge on any atom is 0.410 e. The molecule has 0 bridgehead atoms. The van der Waals surface area contributed by atoms with Crippen molar-refractivity contribution < 1.29 is 19.4 Å². The number of nitrogens with zero attached hydrogens (tertiary/aromatic N) is 1. The average Bonchev–Trinajstić information content (AvgIpc) is 2.33. The lowest BCUT2D eigenvalue weighted by molar-refractivity contribution is 0.0284. The van der Waals surface area contributed by atoms with Crippen molar-refractivity contribution in [3.05, 3.63) is 21.3 Å². The zero-order valence-corrected chi connectivity index (χ0v) is 14.5. The molecule has 1 aromatic carbocycles. The summed E-state index contributed by atoms with van der Waals surface area (Å²) in [5.41, 5.74) is 0.304. The molecule has 0 fully saturated rings. The van der Waals surface area contributed by atoms with Gasteiger partial charge in [-0.3, -0.25) is 0 Å². The van der Waals surface area contributed by atoms with Gasteiger partial charge in [-0.05, 0) is 55.0 Å². The molecule has 6 heteroatoms. The van der Waals surface area contributed by atoms with E-state index in [9.17, 15) is 9.90 Å². The Morgan fingerprint density at radius 2 is 2.00 bits per heavy atom. The number of amides is 1. The van der Waals surface area contributed by atoms with Crippen LogP contribution in [0, 0.1) is 3.57 Å². The summed E-state index contributed by atoms with van der Waals surface area (Å²) in [4.78, 5) is 13.4. The lowest BCUT2D eigenvalue weighted by Gasteiger charge is -2.25. The Labute approximate surface area is 133 Å². The third-order valence-electron chi connectivity index (χ3n) is 2.49. The van der Waals surface area contributed by atoms with E-state index in [0.29, 0.717) is 15.9 Å². The standard InChI is InChI=1S/C14H20INO4/c1-14(2,3)20-13(18)16(4)8-9-6-7-10(19-5)12(17)11(9)15/h6-7,17H,8H2,1-5H3. The van der Waals surface area contributed by atoms with Crippen LogP contribution < -0.4 is 4.74 Å². The Kier molecular flexibility index (Phi) is 5.50. The molecule has 0 saturated carbocycles. The number of ether oxygens (including phenoxy) is 2. The third kappa shape index (κ3) is 4.43. The van der Waals surface area contributed by atoms with Gasteiger partial charge in [-0.25, -0.2) is 4.79 Å². The number of carbonyl (C=O) groups excluding carboxylic acids is 1. The third-order valence-corrected chi connectivity index (χ3v) is 3.70. The summed E-state index contributed by atoms with van der Waals surface area (Å²) in [5.74, 6) is 0.501. The van der Waals surface area contributed by atoms with Crippen LogP contribution in [-0.2, 0) is 11.3 Å². The molecule has 0 aliphatic rings. The number of hydrogen-bond acceptors (Lipinski definition) is 4. The van der Waals surface area contributed by atoms with E-state index < -0.39 is 11.7 Å². The molecule has 1 aromatic rings. The Hall–Kier alpha value is -1.18. The second kappa shape index (κ2) is 6.51. The zero-order valence-electron chi connectivity index (χ0n) is 12.4. The van der Waals surface area contributed by atoms with E-state index in [1.165, 1.54) is 12.0 Å². The van der Waals surface area contributed by atoms with E-state index in [2.05, 4.69) is 0 Å². The fourth-order valence-corrected chi connectivity index (χ4v) is 2.15. The minimum atomic E-state index is -0.527. The maximum absolute atomic E-state index is 11.9. The molecule has 0 spiro atoms. The fraction of sp³-hybridized carbons (Fsp3) is 0.500. The SMILES string of the molecule is COc1ccc(CN(C)C(=O)OC(C)(C)C)c(I)c1O. The topological polar surface area (TPSA) is 59.0 Å². The van der Waals surface area contributed by atoms with Crippen molar-refractivity contribution in [2.75, 3.05) is 14.2 Å². The lowest BCUT2D eigenvalue weighted by Crippen LogP contribution is -2.34. The van der Waals surface area contributed by atoms with Crippen LogP contribution in [0.15, 0.2) is 12.1 Å². The first-order valence-corrected chi connectivity index (χ1v) is 7.22. The number of hydrogen-bond donors (Lipinski definition) is 1. The molecule has 0 radical (unpaired) electrons. The van der Waals surface area contributed by atoms with Gasteiger partial charge in [0.15, 0.2) is 11.5 Å². The highest BCUT2D eigenvalue weighted by atomic mass is 127. The summed E-state index contributed by atoms with van der Waals surface area (Å²) in [6.07, 6.45) is -0.399. The zero-order chi connectivity index (χ0) is 15.5. The van der Waals surface area contributed by atoms with E-state index in [4.69, 9.17) is 9.47 Å². The van der Waals surface area contributed by atoms with Crippen molar-refractivity contribution in [1.29, 1.82) is 0 Å². The van der Waals surface area contributed by atoms with E-state index in [-0.39, 0.29) is 5.75 Å². The number of rotatable bonds is 3. The Balaban J connectivity index is 2.84. The molecular formula is C14H20INO4. The molecule has 0 saturated heterocycles. The first kappa shape index (κ1) is 16.9. The molecule has 0 unspecified atom stereocenters. The van der Waals surface area contributed by atoms with Crippen molar-refractivity contribution in [3.8, 4) is 11.5 Å². The van der Waals surface area contributed by atoms with Crippen molar-refractivity contribution >= 4 is 28.7 Å². The number of benzene rings is 1. The fourth-order valence-electron chi connectivity index (χ4n) is 1.54. The second-order valence-corrected chi connectivity index (χ2v) is 6.50. The van der Waals surface area contributed by atoms with E-state index in [0.717, 1.165) is 5.56 Å². The molecule has 20 heavy (non-hydrogen) atoms. The van der Waals surface area contributed by atoms with E-state index >= 15 is 0 Å². The van der Waals surface area contributed by atoms with Gasteiger partial charge in [-0.2, -0.15) is 0 Å². The van der Waals surface area contributed by atoms with Crippen molar-refractivity contribution in [3.63, 3.8) is 0 Å². The number of halogens is 1. The summed E-state index contributed by atoms with van der Waals surface area (Å²) in [6.45, 7) is 5.82. The van der Waals surface area contributed by atoms with Gasteiger partial charge in [0, 0.05) is 13.6 Å². The van der Waals surface area contributed by atoms with Crippen LogP contribution in [0.3, 0.4) is 0 Å². The monoisotopic (exact) mass is 393 g/mol. The van der Waals surface area contributed by atoms with Crippen LogP contribution in [0.1, 0.15) is 26.3 Å². The minimum absolute atomic E-state index is 0.0863. The first-order chi connectivity index (χ1) is 9.15. The molecule has 1 N–H and O–H groups in total. The highest BCUT2D eigenvalue weighted by Crippen LogP contribution is 2.33. The Morgan fingerprint density at radius 1 is 1.40 bits per heavy atom. The van der Waals surface area contributed by atoms with Gasteiger partial charge in [0.1, 0.15) is 5.60 Å². The van der Waals surface area contributed by atoms with E-state index in [1.54, 1.807) is 13.1 Å². The number of phenols is 1. The highest BCUT2D eigenvalue weighted by Gasteiger charge is 2.21. The van der Waals surface area contributed by atoms with Crippen LogP contribution in [0.5, 0.6) is 11.5 Å². The summed E-state index contributed by atoms with van der Waals surface area (Å²) >= 11 is 2.03. The van der Waals surface area contributed by atoms with Gasteiger partial charge in [0.05, 0.1) is 10.7 Å². The molecule has 0 aliphatic heterocycles. The van der Waals surface area contributed by atoms with Crippen LogP contribution in [0.4, 0.5) is 4.79 Å². The average molecular weight is 393 g/mol. The number of carbonyl (C=O) groups is 1. The van der Waals surface area contributed by atoms with Gasteiger partial charge < -0.3 is 19.5 Å². The van der Waals surface area contributed by atoms with Gasteiger partial charge >= 0.3 is 6.09 Å². The quantitative estimate of drug-likeness (QED) is 0.801. The molecule has 112 valence electrons. The predicted octanol–water partition coefficient (Wildman–Crippen LogP) is 3.37. The Morgan fingerprint density at radius 3 is 2.50 bits per heavy atom. The summed E-state index contributed by atoms with van der Waals surface area (Å²) in [7, 11) is 3.16. The molecule has 5 nitrogen and oxygen atoms in total. The number of phenolic OH excluding ortho intramolecular Hbond substituents is 1. The molecular weight excluding hydrogens is 373 g/mol. The maximum atomic E-state index is 11.9. The summed E-state index contributed by atoms with van der Waals surface area (Å²) in [5, 5.41) is 9.95. The van der Waals surface area contributed by atoms with Crippen molar-refractivity contribution in [2.45, 2.75) is 32.9 Å². The van der Waals surface area contributed by atoms with Crippen LogP contribution in [0.25, 0.3) is 0 Å². The molecule has 0 aliphatic carbocycles. The number of aromatic hydroxyl groups is 1. The largest absolute Gasteiger partial charge is 0.504 e. The van der Waals surface area contributed by atoms with Crippen molar-refractivity contribution in [1.82, 2.24) is 4.90 Å². The molecule has 1 rings (SSSR count). The van der Waals surface area contributed by atoms with Crippen molar-refractivity contribution in [2.24, 2.45) is 0 Å². The number of methoxy groups -OCH3 is 1. The summed E-state index contributed by atoms with van der Waals surface area (Å²) in [6, 6.07) is 3.50. The van der Waals surface area contributed by atoms with Crippen LogP contribution in [-0.4, -0.2) is 35.9 Å². The molecule has 0 atom stereocenters. The van der Waals surface area contributed by atoms with Crippen LogP contribution >= 0.6 is 22.6 Å². The normalized spacial score (nSPS) is 11.1. The van der Waals surface area contributed by atoms with Gasteiger partial charge in [0.25, 0.3) is 0 Å². The summed E-state index contributed by atoms with van der Waals surface area (Å²) < 4.78 is 11.0. The first-order valence-electron chi connectivity index (χ1n) is 6.14.